The van der Waals surface area contributed by atoms with Gasteiger partial charge in [-0.25, -0.2) is 8.42 Å². The lowest BCUT2D eigenvalue weighted by molar-refractivity contribution is -0.120. The van der Waals surface area contributed by atoms with E-state index in [9.17, 15) is 13.2 Å². The fourth-order valence-electron chi connectivity index (χ4n) is 4.13. The molecule has 0 fully saturated rings. The number of nitrogens with one attached hydrogen (secondary N) is 1. The lowest BCUT2D eigenvalue weighted by atomic mass is 9.98. The summed E-state index contributed by atoms with van der Waals surface area (Å²) in [6.07, 6.45) is 0. The van der Waals surface area contributed by atoms with E-state index in [1.165, 1.54) is 12.1 Å². The van der Waals surface area contributed by atoms with Crippen LogP contribution in [0.1, 0.15) is 35.2 Å². The van der Waals surface area contributed by atoms with Crippen LogP contribution in [0.5, 0.6) is 5.75 Å². The van der Waals surface area contributed by atoms with Crippen molar-refractivity contribution in [3.8, 4) is 5.75 Å². The Morgan fingerprint density at radius 1 is 0.789 bits per heavy atom. The number of sulfonamides is 1. The minimum Gasteiger partial charge on any atom is -0.494 e. The third-order valence-corrected chi connectivity index (χ3v) is 7.97. The maximum Gasteiger partial charge on any atom is 0.264 e. The molecule has 0 saturated carbocycles. The monoisotopic (exact) mass is 528 g/mol. The molecule has 7 heteroatoms. The average molecular weight is 529 g/mol. The van der Waals surface area contributed by atoms with E-state index in [4.69, 9.17) is 4.74 Å². The van der Waals surface area contributed by atoms with Crippen molar-refractivity contribution in [1.82, 2.24) is 5.32 Å². The van der Waals surface area contributed by atoms with Crippen molar-refractivity contribution >= 4 is 21.6 Å². The normalized spacial score (nSPS) is 12.0. The summed E-state index contributed by atoms with van der Waals surface area (Å²) < 4.78 is 34.2. The number of ether oxygens (including phenoxy) is 1. The average Bonchev–Trinajstić information content (AvgIpc) is 2.92. The van der Waals surface area contributed by atoms with Crippen molar-refractivity contribution in [2.45, 2.75) is 31.7 Å². The number of carbonyl (C=O) groups excluding carboxylic acids is 1. The maximum absolute atomic E-state index is 13.8. The van der Waals surface area contributed by atoms with Gasteiger partial charge in [0.05, 0.1) is 23.2 Å². The second-order valence-corrected chi connectivity index (χ2v) is 10.9. The molecule has 0 aliphatic carbocycles. The highest BCUT2D eigenvalue weighted by molar-refractivity contribution is 7.92. The van der Waals surface area contributed by atoms with Crippen molar-refractivity contribution in [2.75, 3.05) is 17.5 Å². The van der Waals surface area contributed by atoms with E-state index in [0.29, 0.717) is 18.0 Å². The van der Waals surface area contributed by atoms with Crippen molar-refractivity contribution in [3.63, 3.8) is 0 Å². The summed E-state index contributed by atoms with van der Waals surface area (Å²) in [6, 6.07) is 30.4. The van der Waals surface area contributed by atoms with Gasteiger partial charge in [0.25, 0.3) is 10.0 Å². The van der Waals surface area contributed by atoms with E-state index in [1.54, 1.807) is 24.3 Å². The Labute approximate surface area is 225 Å². The molecule has 1 N–H and O–H groups in total. The zero-order valence-electron chi connectivity index (χ0n) is 21.8. The minimum atomic E-state index is -4.05. The zero-order valence-corrected chi connectivity index (χ0v) is 22.6. The number of aryl methyl sites for hydroxylation is 2. The number of hydrogen-bond donors (Lipinski definition) is 1. The number of anilines is 1. The number of nitrogens with zero attached hydrogens (tertiary/aromatic N) is 1. The molecule has 38 heavy (non-hydrogen) atoms. The summed E-state index contributed by atoms with van der Waals surface area (Å²) in [5.41, 5.74) is 4.32. The molecule has 196 valence electrons. The Hall–Kier alpha value is -4.10. The molecule has 0 unspecified atom stereocenters. The predicted octanol–water partition coefficient (Wildman–Crippen LogP) is 5.80. The van der Waals surface area contributed by atoms with E-state index in [-0.39, 0.29) is 11.4 Å². The van der Waals surface area contributed by atoms with E-state index in [0.717, 1.165) is 26.6 Å². The van der Waals surface area contributed by atoms with Crippen LogP contribution in [-0.4, -0.2) is 27.5 Å². The molecule has 0 spiro atoms. The number of rotatable bonds is 10. The quantitative estimate of drug-likeness (QED) is 0.282. The molecular weight excluding hydrogens is 496 g/mol. The maximum atomic E-state index is 13.8. The van der Waals surface area contributed by atoms with Crippen LogP contribution in [-0.2, 0) is 14.8 Å². The van der Waals surface area contributed by atoms with Crippen LogP contribution in [0.2, 0.25) is 0 Å². The summed E-state index contributed by atoms with van der Waals surface area (Å²) in [5.74, 6) is 0.157. The summed E-state index contributed by atoms with van der Waals surface area (Å²) in [5, 5.41) is 3.07. The molecule has 0 radical (unpaired) electrons. The Balaban J connectivity index is 1.66. The molecule has 0 saturated heterocycles. The Morgan fingerprint density at radius 3 is 1.92 bits per heavy atom. The van der Waals surface area contributed by atoms with E-state index in [2.05, 4.69) is 5.32 Å². The van der Waals surface area contributed by atoms with Crippen LogP contribution < -0.4 is 14.4 Å². The van der Waals surface area contributed by atoms with Gasteiger partial charge in [-0.05, 0) is 68.3 Å². The van der Waals surface area contributed by atoms with Gasteiger partial charge < -0.3 is 10.1 Å². The first-order valence-corrected chi connectivity index (χ1v) is 13.9. The molecule has 1 atom stereocenters. The first kappa shape index (κ1) is 26.9. The third-order valence-electron chi connectivity index (χ3n) is 6.18. The second-order valence-electron chi connectivity index (χ2n) is 9.07. The van der Waals surface area contributed by atoms with Crippen LogP contribution in [0.3, 0.4) is 0 Å². The topological polar surface area (TPSA) is 75.7 Å². The van der Waals surface area contributed by atoms with Gasteiger partial charge in [-0.3, -0.25) is 9.10 Å². The van der Waals surface area contributed by atoms with E-state index < -0.39 is 22.0 Å². The zero-order chi connectivity index (χ0) is 27.1. The molecular formula is C31H32N2O4S. The fraction of sp³-hybridized carbons (Fsp3) is 0.194. The van der Waals surface area contributed by atoms with Gasteiger partial charge in [0.1, 0.15) is 12.3 Å². The molecule has 4 aromatic rings. The molecule has 0 heterocycles. The third kappa shape index (κ3) is 6.42. The van der Waals surface area contributed by atoms with E-state index >= 15 is 0 Å². The number of carbonyl (C=O) groups is 1. The summed E-state index contributed by atoms with van der Waals surface area (Å²) in [7, 11) is -4.05. The Bertz CT molecular complexity index is 1450. The molecule has 0 aliphatic heterocycles. The van der Waals surface area contributed by atoms with Crippen LogP contribution in [0.15, 0.2) is 108 Å². The van der Waals surface area contributed by atoms with E-state index in [1.807, 2.05) is 87.5 Å². The number of amides is 1. The van der Waals surface area contributed by atoms with Crippen LogP contribution in [0, 0.1) is 13.8 Å². The largest absolute Gasteiger partial charge is 0.494 e. The summed E-state index contributed by atoms with van der Waals surface area (Å²) in [4.78, 5) is 13.6. The number of benzene rings is 4. The summed E-state index contributed by atoms with van der Waals surface area (Å²) in [6.45, 7) is 5.89. The fourth-order valence-corrected chi connectivity index (χ4v) is 5.55. The van der Waals surface area contributed by atoms with Gasteiger partial charge in [0, 0.05) is 0 Å². The van der Waals surface area contributed by atoms with Gasteiger partial charge in [0.2, 0.25) is 5.91 Å². The lowest BCUT2D eigenvalue weighted by Gasteiger charge is -2.26. The van der Waals surface area contributed by atoms with Crippen molar-refractivity contribution in [3.05, 3.63) is 125 Å². The van der Waals surface area contributed by atoms with Crippen molar-refractivity contribution in [2.24, 2.45) is 0 Å². The molecule has 0 aromatic heterocycles. The number of hydrogen-bond acceptors (Lipinski definition) is 4. The van der Waals surface area contributed by atoms with Gasteiger partial charge in [-0.15, -0.1) is 0 Å². The van der Waals surface area contributed by atoms with Crippen LogP contribution in [0.25, 0.3) is 0 Å². The standard InChI is InChI=1S/C31H32N2O4S/c1-4-37-28-18-20-29(21-19-28)38(35,36)33(27-16-12-24(3)13-17-27)22-30(34)32-31(25-8-6-5-7-9-25)26-14-10-23(2)11-15-26/h5-21,31H,4,22H2,1-3H3,(H,32,34)/t31-/m1/s1. The SMILES string of the molecule is CCOc1ccc(S(=O)(=O)N(CC(=O)N[C@H](c2ccccc2)c2ccc(C)cc2)c2ccc(C)cc2)cc1. The first-order chi connectivity index (χ1) is 18.3. The van der Waals surface area contributed by atoms with Gasteiger partial charge in [-0.1, -0.05) is 77.9 Å². The second kappa shape index (κ2) is 12.0. The summed E-state index contributed by atoms with van der Waals surface area (Å²) >= 11 is 0. The van der Waals surface area contributed by atoms with Crippen LogP contribution >= 0.6 is 0 Å². The molecule has 6 nitrogen and oxygen atoms in total. The smallest absolute Gasteiger partial charge is 0.264 e. The highest BCUT2D eigenvalue weighted by Crippen LogP contribution is 2.27. The van der Waals surface area contributed by atoms with Crippen molar-refractivity contribution in [1.29, 1.82) is 0 Å². The molecule has 0 aliphatic rings. The minimum absolute atomic E-state index is 0.0764. The van der Waals surface area contributed by atoms with Gasteiger partial charge >= 0.3 is 0 Å². The van der Waals surface area contributed by atoms with Crippen molar-refractivity contribution < 1.29 is 17.9 Å². The Morgan fingerprint density at radius 2 is 1.34 bits per heavy atom. The molecule has 1 amide bonds. The highest BCUT2D eigenvalue weighted by atomic mass is 32.2. The molecule has 0 bridgehead atoms. The molecule has 4 rings (SSSR count). The predicted molar refractivity (Wildman–Crippen MR) is 151 cm³/mol. The lowest BCUT2D eigenvalue weighted by Crippen LogP contribution is -2.42. The first-order valence-electron chi connectivity index (χ1n) is 12.5. The van der Waals surface area contributed by atoms with Gasteiger partial charge in [0.15, 0.2) is 0 Å². The molecule has 4 aromatic carbocycles. The Kier molecular flexibility index (Phi) is 8.48. The van der Waals surface area contributed by atoms with Crippen LogP contribution in [0.4, 0.5) is 5.69 Å². The van der Waals surface area contributed by atoms with Gasteiger partial charge in [-0.2, -0.15) is 0 Å². The highest BCUT2D eigenvalue weighted by Gasteiger charge is 2.28.